The number of hydrogen-bond acceptors (Lipinski definition) is 4. The summed E-state index contributed by atoms with van der Waals surface area (Å²) in [5, 5.41) is 13.7. The standard InChI is InChI=1S/C21H39N3O2/c1-17(2)23-13-8-19(9-14-23)24-12-6-7-18(15-24)20(25)22-16-21(26)10-4-3-5-11-21/h17-19,26H,3-16H2,1-2H3,(H,22,25). The van der Waals surface area contributed by atoms with Crippen LogP contribution in [0, 0.1) is 5.92 Å². The molecule has 3 fully saturated rings. The molecule has 2 heterocycles. The predicted octanol–water partition coefficient (Wildman–Crippen LogP) is 2.38. The van der Waals surface area contributed by atoms with Gasteiger partial charge in [0, 0.05) is 25.2 Å². The van der Waals surface area contributed by atoms with Crippen LogP contribution >= 0.6 is 0 Å². The van der Waals surface area contributed by atoms with Crippen molar-refractivity contribution in [3.8, 4) is 0 Å². The average Bonchev–Trinajstić information content (AvgIpc) is 2.67. The van der Waals surface area contributed by atoms with Crippen LogP contribution in [0.3, 0.4) is 0 Å². The Morgan fingerprint density at radius 1 is 1.08 bits per heavy atom. The number of nitrogens with one attached hydrogen (secondary N) is 1. The van der Waals surface area contributed by atoms with E-state index in [1.54, 1.807) is 0 Å². The normalized spacial score (nSPS) is 29.0. The minimum atomic E-state index is -0.661. The summed E-state index contributed by atoms with van der Waals surface area (Å²) < 4.78 is 0. The van der Waals surface area contributed by atoms with Gasteiger partial charge in [0.2, 0.25) is 5.91 Å². The lowest BCUT2D eigenvalue weighted by molar-refractivity contribution is -0.128. The average molecular weight is 366 g/mol. The summed E-state index contributed by atoms with van der Waals surface area (Å²) in [6.07, 6.45) is 9.61. The van der Waals surface area contributed by atoms with Crippen LogP contribution in [0.25, 0.3) is 0 Å². The first-order chi connectivity index (χ1) is 12.5. The fourth-order valence-electron chi connectivity index (χ4n) is 5.10. The summed E-state index contributed by atoms with van der Waals surface area (Å²) in [6, 6.07) is 1.28. The van der Waals surface area contributed by atoms with E-state index in [1.165, 1.54) is 32.4 Å². The molecule has 0 aromatic carbocycles. The molecule has 1 amide bonds. The molecule has 2 aliphatic heterocycles. The largest absolute Gasteiger partial charge is 0.388 e. The second-order valence-electron chi connectivity index (χ2n) is 9.20. The Labute approximate surface area is 159 Å². The fraction of sp³-hybridized carbons (Fsp3) is 0.952. The number of nitrogens with zero attached hydrogens (tertiary/aromatic N) is 2. The molecule has 0 spiro atoms. The number of aliphatic hydroxyl groups is 1. The zero-order valence-corrected chi connectivity index (χ0v) is 16.9. The van der Waals surface area contributed by atoms with Crippen LogP contribution in [-0.2, 0) is 4.79 Å². The molecule has 2 N–H and O–H groups in total. The monoisotopic (exact) mass is 365 g/mol. The molecule has 0 aromatic heterocycles. The zero-order chi connectivity index (χ0) is 18.6. The lowest BCUT2D eigenvalue weighted by Gasteiger charge is -2.43. The van der Waals surface area contributed by atoms with Crippen LogP contribution in [0.15, 0.2) is 0 Å². The van der Waals surface area contributed by atoms with E-state index in [4.69, 9.17) is 0 Å². The van der Waals surface area contributed by atoms with Gasteiger partial charge in [-0.1, -0.05) is 19.3 Å². The van der Waals surface area contributed by atoms with Gasteiger partial charge < -0.3 is 15.3 Å². The third kappa shape index (κ3) is 5.20. The Morgan fingerprint density at radius 2 is 1.77 bits per heavy atom. The highest BCUT2D eigenvalue weighted by atomic mass is 16.3. The molecule has 3 aliphatic rings. The van der Waals surface area contributed by atoms with E-state index in [1.807, 2.05) is 0 Å². The summed E-state index contributed by atoms with van der Waals surface area (Å²) in [4.78, 5) is 17.8. The van der Waals surface area contributed by atoms with E-state index in [0.29, 0.717) is 18.6 Å². The Balaban J connectivity index is 1.45. The number of amides is 1. The van der Waals surface area contributed by atoms with E-state index in [2.05, 4.69) is 29.0 Å². The first-order valence-corrected chi connectivity index (χ1v) is 10.9. The Kier molecular flexibility index (Phi) is 6.98. The molecule has 5 heteroatoms. The van der Waals surface area contributed by atoms with Gasteiger partial charge in [0.1, 0.15) is 0 Å². The molecule has 0 aromatic rings. The molecule has 2 saturated heterocycles. The van der Waals surface area contributed by atoms with Crippen molar-refractivity contribution >= 4 is 5.91 Å². The first-order valence-electron chi connectivity index (χ1n) is 10.9. The highest BCUT2D eigenvalue weighted by Crippen LogP contribution is 2.28. The number of carbonyl (C=O) groups is 1. The number of carbonyl (C=O) groups excluding carboxylic acids is 1. The second-order valence-corrected chi connectivity index (χ2v) is 9.20. The van der Waals surface area contributed by atoms with E-state index in [0.717, 1.165) is 51.6 Å². The van der Waals surface area contributed by atoms with Gasteiger partial charge in [0.15, 0.2) is 0 Å². The summed E-state index contributed by atoms with van der Waals surface area (Å²) in [7, 11) is 0. The minimum Gasteiger partial charge on any atom is -0.388 e. The van der Waals surface area contributed by atoms with Gasteiger partial charge in [-0.3, -0.25) is 9.69 Å². The highest BCUT2D eigenvalue weighted by Gasteiger charge is 2.34. The Hall–Kier alpha value is -0.650. The number of rotatable bonds is 5. The van der Waals surface area contributed by atoms with Crippen molar-refractivity contribution in [2.24, 2.45) is 5.92 Å². The third-order valence-electron chi connectivity index (χ3n) is 6.95. The molecule has 1 aliphatic carbocycles. The van der Waals surface area contributed by atoms with E-state index >= 15 is 0 Å². The first kappa shape index (κ1) is 20.1. The quantitative estimate of drug-likeness (QED) is 0.785. The summed E-state index contributed by atoms with van der Waals surface area (Å²) in [6.45, 7) is 9.40. The van der Waals surface area contributed by atoms with Gasteiger partial charge in [0.25, 0.3) is 0 Å². The molecule has 26 heavy (non-hydrogen) atoms. The van der Waals surface area contributed by atoms with Crippen LogP contribution in [0.1, 0.15) is 71.6 Å². The van der Waals surface area contributed by atoms with Crippen molar-refractivity contribution < 1.29 is 9.90 Å². The molecule has 3 rings (SSSR count). The topological polar surface area (TPSA) is 55.8 Å². The van der Waals surface area contributed by atoms with Gasteiger partial charge in [-0.15, -0.1) is 0 Å². The molecule has 5 nitrogen and oxygen atoms in total. The maximum atomic E-state index is 12.7. The van der Waals surface area contributed by atoms with Gasteiger partial charge in [0.05, 0.1) is 11.5 Å². The number of likely N-dealkylation sites (tertiary alicyclic amines) is 2. The summed E-state index contributed by atoms with van der Waals surface area (Å²) in [5.74, 6) is 0.257. The van der Waals surface area contributed by atoms with E-state index in [-0.39, 0.29) is 11.8 Å². The van der Waals surface area contributed by atoms with Crippen molar-refractivity contribution in [1.82, 2.24) is 15.1 Å². The van der Waals surface area contributed by atoms with Crippen LogP contribution in [0.5, 0.6) is 0 Å². The zero-order valence-electron chi connectivity index (χ0n) is 16.9. The van der Waals surface area contributed by atoms with Gasteiger partial charge >= 0.3 is 0 Å². The maximum Gasteiger partial charge on any atom is 0.224 e. The minimum absolute atomic E-state index is 0.0964. The summed E-state index contributed by atoms with van der Waals surface area (Å²) >= 11 is 0. The van der Waals surface area contributed by atoms with Crippen molar-refractivity contribution in [3.05, 3.63) is 0 Å². The molecule has 0 radical (unpaired) electrons. The van der Waals surface area contributed by atoms with Crippen molar-refractivity contribution in [2.45, 2.75) is 89.3 Å². The lowest BCUT2D eigenvalue weighted by Crippen LogP contribution is -2.52. The fourth-order valence-corrected chi connectivity index (χ4v) is 5.10. The van der Waals surface area contributed by atoms with Crippen LogP contribution in [0.2, 0.25) is 0 Å². The molecule has 150 valence electrons. The Bertz CT molecular complexity index is 454. The van der Waals surface area contributed by atoms with Crippen molar-refractivity contribution in [3.63, 3.8) is 0 Å². The van der Waals surface area contributed by atoms with E-state index in [9.17, 15) is 9.90 Å². The van der Waals surface area contributed by atoms with Crippen molar-refractivity contribution in [2.75, 3.05) is 32.7 Å². The maximum absolute atomic E-state index is 12.7. The second kappa shape index (κ2) is 9.03. The smallest absolute Gasteiger partial charge is 0.224 e. The molecule has 1 saturated carbocycles. The van der Waals surface area contributed by atoms with Crippen molar-refractivity contribution in [1.29, 1.82) is 0 Å². The molecular weight excluding hydrogens is 326 g/mol. The van der Waals surface area contributed by atoms with Crippen LogP contribution < -0.4 is 5.32 Å². The highest BCUT2D eigenvalue weighted by molar-refractivity contribution is 5.79. The van der Waals surface area contributed by atoms with Crippen LogP contribution in [0.4, 0.5) is 0 Å². The third-order valence-corrected chi connectivity index (χ3v) is 6.95. The molecular formula is C21H39N3O2. The molecule has 0 bridgehead atoms. The lowest BCUT2D eigenvalue weighted by atomic mass is 9.84. The number of piperidine rings is 2. The predicted molar refractivity (Wildman–Crippen MR) is 105 cm³/mol. The SMILES string of the molecule is CC(C)N1CCC(N2CCCC(C(=O)NCC3(O)CCCCC3)C2)CC1. The summed E-state index contributed by atoms with van der Waals surface area (Å²) in [5.41, 5.74) is -0.661. The van der Waals surface area contributed by atoms with Crippen LogP contribution in [-0.4, -0.2) is 71.2 Å². The Morgan fingerprint density at radius 3 is 2.42 bits per heavy atom. The molecule has 1 atom stereocenters. The molecule has 1 unspecified atom stereocenters. The number of hydrogen-bond donors (Lipinski definition) is 2. The van der Waals surface area contributed by atoms with Gasteiger partial charge in [-0.2, -0.15) is 0 Å². The van der Waals surface area contributed by atoms with Gasteiger partial charge in [-0.05, 0) is 72.0 Å². The van der Waals surface area contributed by atoms with Gasteiger partial charge in [-0.25, -0.2) is 0 Å². The van der Waals surface area contributed by atoms with E-state index < -0.39 is 5.60 Å².